The van der Waals surface area contributed by atoms with E-state index < -0.39 is 17.9 Å². The molecular formula is C25H24ClN3O5. The fourth-order valence-electron chi connectivity index (χ4n) is 4.01. The van der Waals surface area contributed by atoms with Gasteiger partial charge in [-0.15, -0.1) is 0 Å². The third-order valence-electron chi connectivity index (χ3n) is 5.75. The number of benzene rings is 2. The lowest BCUT2D eigenvalue weighted by molar-refractivity contribution is -0.141. The van der Waals surface area contributed by atoms with Crippen molar-refractivity contribution in [1.82, 2.24) is 9.99 Å². The maximum atomic E-state index is 13.0. The Morgan fingerprint density at radius 3 is 2.62 bits per heavy atom. The molecule has 1 N–H and O–H groups in total. The molecule has 1 aliphatic heterocycles. The zero-order chi connectivity index (χ0) is 24.4. The third-order valence-corrected chi connectivity index (χ3v) is 6.05. The van der Waals surface area contributed by atoms with Crippen molar-refractivity contribution in [1.29, 1.82) is 0 Å². The van der Waals surface area contributed by atoms with Crippen molar-refractivity contribution >= 4 is 40.1 Å². The van der Waals surface area contributed by atoms with Crippen molar-refractivity contribution in [2.75, 3.05) is 14.2 Å². The highest BCUT2D eigenvalue weighted by Gasteiger charge is 2.35. The molecule has 1 aromatic heterocycles. The molecule has 2 aromatic carbocycles. The summed E-state index contributed by atoms with van der Waals surface area (Å²) in [6, 6.07) is 12.6. The van der Waals surface area contributed by atoms with Crippen LogP contribution in [0.3, 0.4) is 0 Å². The number of aromatic nitrogens is 1. The number of pyridine rings is 1. The van der Waals surface area contributed by atoms with Crippen LogP contribution in [0.15, 0.2) is 47.6 Å². The zero-order valence-corrected chi connectivity index (χ0v) is 19.8. The molecule has 1 atom stereocenters. The van der Waals surface area contributed by atoms with Crippen LogP contribution in [0.2, 0.25) is 5.15 Å². The predicted molar refractivity (Wildman–Crippen MR) is 129 cm³/mol. The Hall–Kier alpha value is -3.65. The smallest absolute Gasteiger partial charge is 0.303 e. The predicted octanol–water partition coefficient (Wildman–Crippen LogP) is 4.76. The molecule has 34 heavy (non-hydrogen) atoms. The molecule has 2 heterocycles. The molecular weight excluding hydrogens is 458 g/mol. The maximum absolute atomic E-state index is 13.0. The number of carboxylic acid groups (broad SMARTS) is 1. The van der Waals surface area contributed by atoms with Crippen LogP contribution in [0.25, 0.3) is 10.9 Å². The van der Waals surface area contributed by atoms with Gasteiger partial charge in [-0.1, -0.05) is 23.7 Å². The number of aliphatic carboxylic acids is 1. The molecule has 4 rings (SSSR count). The van der Waals surface area contributed by atoms with Gasteiger partial charge in [-0.25, -0.2) is 9.99 Å². The Labute approximate surface area is 201 Å². The molecule has 0 fully saturated rings. The third kappa shape index (κ3) is 4.68. The summed E-state index contributed by atoms with van der Waals surface area (Å²) in [6.07, 6.45) is -0.109. The molecule has 0 saturated heterocycles. The number of nitrogens with zero attached hydrogens (tertiary/aromatic N) is 3. The second kappa shape index (κ2) is 9.69. The van der Waals surface area contributed by atoms with Gasteiger partial charge in [-0.05, 0) is 36.8 Å². The van der Waals surface area contributed by atoms with E-state index in [2.05, 4.69) is 10.1 Å². The summed E-state index contributed by atoms with van der Waals surface area (Å²) in [7, 11) is 3.11. The number of rotatable bonds is 7. The van der Waals surface area contributed by atoms with Gasteiger partial charge in [-0.2, -0.15) is 5.10 Å². The van der Waals surface area contributed by atoms with Gasteiger partial charge in [-0.3, -0.25) is 9.59 Å². The summed E-state index contributed by atoms with van der Waals surface area (Å²) in [5.74, 6) is -0.280. The standard InChI is InChI=1S/C25H24ClN3O5/c1-14-4-5-15-11-18(25(26)27-19(15)10-14)21-13-20(28-29(21)23(30)8-9-24(31)32)17-7-6-16(33-2)12-22(17)34-3/h4-7,10-12,21H,8-9,13H2,1-3H3,(H,31,32)/t21-/m0/s1. The zero-order valence-electron chi connectivity index (χ0n) is 19.0. The topological polar surface area (TPSA) is 101 Å². The summed E-state index contributed by atoms with van der Waals surface area (Å²) in [4.78, 5) is 28.6. The minimum atomic E-state index is -1.05. The van der Waals surface area contributed by atoms with Crippen molar-refractivity contribution in [3.8, 4) is 11.5 Å². The number of hydrogen-bond donors (Lipinski definition) is 1. The molecule has 0 radical (unpaired) electrons. The number of methoxy groups -OCH3 is 2. The Bertz CT molecular complexity index is 1310. The van der Waals surface area contributed by atoms with Gasteiger partial charge < -0.3 is 14.6 Å². The van der Waals surface area contributed by atoms with Crippen LogP contribution >= 0.6 is 11.6 Å². The fourth-order valence-corrected chi connectivity index (χ4v) is 4.29. The van der Waals surface area contributed by atoms with Crippen molar-refractivity contribution in [3.05, 3.63) is 64.3 Å². The molecule has 0 unspecified atom stereocenters. The van der Waals surface area contributed by atoms with E-state index in [0.29, 0.717) is 34.8 Å². The first-order valence-corrected chi connectivity index (χ1v) is 11.1. The van der Waals surface area contributed by atoms with Crippen LogP contribution in [-0.2, 0) is 9.59 Å². The fraction of sp³-hybridized carbons (Fsp3) is 0.280. The number of hydrazone groups is 1. The normalized spacial score (nSPS) is 15.4. The highest BCUT2D eigenvalue weighted by Crippen LogP contribution is 2.39. The van der Waals surface area contributed by atoms with Crippen LogP contribution in [0, 0.1) is 6.92 Å². The number of amides is 1. The highest BCUT2D eigenvalue weighted by atomic mass is 35.5. The van der Waals surface area contributed by atoms with E-state index >= 15 is 0 Å². The van der Waals surface area contributed by atoms with E-state index in [-0.39, 0.29) is 18.0 Å². The molecule has 1 aliphatic rings. The van der Waals surface area contributed by atoms with E-state index in [1.54, 1.807) is 26.4 Å². The number of carbonyl (C=O) groups is 2. The van der Waals surface area contributed by atoms with Crippen LogP contribution in [0.1, 0.15) is 42.0 Å². The van der Waals surface area contributed by atoms with Gasteiger partial charge >= 0.3 is 5.97 Å². The molecule has 0 saturated carbocycles. The molecule has 176 valence electrons. The van der Waals surface area contributed by atoms with Crippen molar-refractivity contribution in [2.24, 2.45) is 5.10 Å². The number of aryl methyl sites for hydroxylation is 1. The number of ether oxygens (including phenoxy) is 2. The van der Waals surface area contributed by atoms with Crippen molar-refractivity contribution in [3.63, 3.8) is 0 Å². The van der Waals surface area contributed by atoms with Gasteiger partial charge in [0, 0.05) is 35.4 Å². The summed E-state index contributed by atoms with van der Waals surface area (Å²) >= 11 is 6.59. The van der Waals surface area contributed by atoms with Gasteiger partial charge in [0.05, 0.1) is 37.9 Å². The van der Waals surface area contributed by atoms with E-state index in [1.165, 1.54) is 5.01 Å². The van der Waals surface area contributed by atoms with Gasteiger partial charge in [0.2, 0.25) is 5.91 Å². The minimum Gasteiger partial charge on any atom is -0.497 e. The van der Waals surface area contributed by atoms with Crippen molar-refractivity contribution < 1.29 is 24.2 Å². The van der Waals surface area contributed by atoms with Gasteiger partial charge in [0.1, 0.15) is 16.7 Å². The number of hydrogen-bond acceptors (Lipinski definition) is 6. The number of carboxylic acids is 1. The largest absolute Gasteiger partial charge is 0.497 e. The van der Waals surface area contributed by atoms with Crippen LogP contribution in [0.4, 0.5) is 0 Å². The molecule has 1 amide bonds. The minimum absolute atomic E-state index is 0.180. The Morgan fingerprint density at radius 2 is 1.91 bits per heavy atom. The molecule has 0 spiro atoms. The Balaban J connectivity index is 1.77. The first kappa shape index (κ1) is 23.5. The summed E-state index contributed by atoms with van der Waals surface area (Å²) < 4.78 is 10.8. The summed E-state index contributed by atoms with van der Waals surface area (Å²) in [6.45, 7) is 1.98. The first-order chi connectivity index (χ1) is 16.3. The van der Waals surface area contributed by atoms with Gasteiger partial charge in [0.15, 0.2) is 0 Å². The molecule has 9 heteroatoms. The van der Waals surface area contributed by atoms with E-state index in [9.17, 15) is 9.59 Å². The lowest BCUT2D eigenvalue weighted by atomic mass is 9.97. The Morgan fingerprint density at radius 1 is 1.12 bits per heavy atom. The molecule has 0 bridgehead atoms. The second-order valence-corrected chi connectivity index (χ2v) is 8.39. The van der Waals surface area contributed by atoms with Crippen molar-refractivity contribution in [2.45, 2.75) is 32.2 Å². The summed E-state index contributed by atoms with van der Waals surface area (Å²) in [5, 5.41) is 16.1. The van der Waals surface area contributed by atoms with E-state index in [1.807, 2.05) is 37.3 Å². The first-order valence-electron chi connectivity index (χ1n) is 10.7. The van der Waals surface area contributed by atoms with Crippen LogP contribution in [0.5, 0.6) is 11.5 Å². The Kier molecular flexibility index (Phi) is 6.70. The van der Waals surface area contributed by atoms with Crippen LogP contribution < -0.4 is 9.47 Å². The maximum Gasteiger partial charge on any atom is 0.303 e. The highest BCUT2D eigenvalue weighted by molar-refractivity contribution is 6.30. The number of fused-ring (bicyclic) bond motifs is 1. The van der Waals surface area contributed by atoms with E-state index in [4.69, 9.17) is 26.2 Å². The summed E-state index contributed by atoms with van der Waals surface area (Å²) in [5.41, 5.74) is 3.80. The van der Waals surface area contributed by atoms with Crippen LogP contribution in [-0.4, -0.2) is 46.9 Å². The molecule has 3 aromatic rings. The number of halogens is 1. The average molecular weight is 482 g/mol. The molecule has 0 aliphatic carbocycles. The quantitative estimate of drug-likeness (QED) is 0.488. The lowest BCUT2D eigenvalue weighted by Gasteiger charge is -2.23. The SMILES string of the molecule is COc1ccc(C2=NN(C(=O)CCC(=O)O)[C@H](c3cc4ccc(C)cc4nc3Cl)C2)c(OC)c1. The van der Waals surface area contributed by atoms with Gasteiger partial charge in [0.25, 0.3) is 0 Å². The lowest BCUT2D eigenvalue weighted by Crippen LogP contribution is -2.27. The molecule has 8 nitrogen and oxygen atoms in total. The average Bonchev–Trinajstić information content (AvgIpc) is 3.26. The monoisotopic (exact) mass is 481 g/mol. The van der Waals surface area contributed by atoms with E-state index in [0.717, 1.165) is 16.5 Å². The number of carbonyl (C=O) groups excluding carboxylic acids is 1. The second-order valence-electron chi connectivity index (χ2n) is 8.03.